The molecule has 0 atom stereocenters. The van der Waals surface area contributed by atoms with E-state index in [0.29, 0.717) is 66.8 Å². The smallest absolute Gasteiger partial charge is 0.168 e. The van der Waals surface area contributed by atoms with Crippen LogP contribution in [0.25, 0.3) is 10.8 Å². The Labute approximate surface area is 185 Å². The number of aliphatic hydroxyl groups excluding tert-OH is 1. The molecule has 0 unspecified atom stereocenters. The summed E-state index contributed by atoms with van der Waals surface area (Å²) in [7, 11) is 0. The Morgan fingerprint density at radius 3 is 2.66 bits per heavy atom. The van der Waals surface area contributed by atoms with Crippen molar-refractivity contribution in [2.75, 3.05) is 0 Å². The first-order chi connectivity index (χ1) is 15.6. The number of aliphatic hydroxyl groups is 1. The largest absolute Gasteiger partial charge is 0.511 e. The van der Waals surface area contributed by atoms with Crippen LogP contribution in [0.15, 0.2) is 63.3 Å². The summed E-state index contributed by atoms with van der Waals surface area (Å²) in [5.74, 6) is 0.594. The normalized spacial score (nSPS) is 19.4. The predicted molar refractivity (Wildman–Crippen MR) is 122 cm³/mol. The minimum absolute atomic E-state index is 0.00805. The molecule has 2 aliphatic carbocycles. The van der Waals surface area contributed by atoms with Crippen molar-refractivity contribution in [2.45, 2.75) is 51.4 Å². The van der Waals surface area contributed by atoms with E-state index in [9.17, 15) is 14.7 Å². The third-order valence-corrected chi connectivity index (χ3v) is 6.21. The van der Waals surface area contributed by atoms with Crippen molar-refractivity contribution >= 4 is 33.7 Å². The van der Waals surface area contributed by atoms with Gasteiger partial charge in [-0.15, -0.1) is 0 Å². The first-order valence-electron chi connectivity index (χ1n) is 11.1. The standard InChI is InChI=1S/C26H24N2O4/c29-21-11-4-10-19(27-18-9-3-7-16-6-1-2-8-17(16)18)25(21)23(31)15-14-20-26-22(30)12-5-13-24(26)32-28-20/h1-3,6-9,31H,4-5,10-15H2/b25-23+,27-19?. The summed E-state index contributed by atoms with van der Waals surface area (Å²) in [6.45, 7) is 0. The SMILES string of the molecule is O=C1CCCC(=Nc2cccc3ccccc23)/C1=C(\O)CCc1noc2c1C(=O)CCC2. The molecule has 1 aromatic heterocycles. The van der Waals surface area contributed by atoms with Crippen LogP contribution in [0.1, 0.15) is 60.3 Å². The van der Waals surface area contributed by atoms with Gasteiger partial charge in [-0.05, 0) is 30.7 Å². The van der Waals surface area contributed by atoms with Crippen molar-refractivity contribution in [3.8, 4) is 0 Å². The first-order valence-corrected chi connectivity index (χ1v) is 11.1. The van der Waals surface area contributed by atoms with Gasteiger partial charge in [0.05, 0.1) is 28.2 Å². The Balaban J connectivity index is 1.47. The van der Waals surface area contributed by atoms with Crippen LogP contribution < -0.4 is 0 Å². The number of hydrogen-bond acceptors (Lipinski definition) is 6. The van der Waals surface area contributed by atoms with Gasteiger partial charge in [0.25, 0.3) is 0 Å². The van der Waals surface area contributed by atoms with Crippen molar-refractivity contribution in [1.29, 1.82) is 0 Å². The average molecular weight is 428 g/mol. The zero-order valence-electron chi connectivity index (χ0n) is 17.8. The molecule has 0 radical (unpaired) electrons. The average Bonchev–Trinajstić information content (AvgIpc) is 3.22. The molecule has 0 amide bonds. The molecular weight excluding hydrogens is 404 g/mol. The van der Waals surface area contributed by atoms with Crippen molar-refractivity contribution in [3.05, 3.63) is 70.8 Å². The Hall–Kier alpha value is -3.54. The molecule has 0 saturated heterocycles. The van der Waals surface area contributed by atoms with Crippen molar-refractivity contribution < 1.29 is 19.2 Å². The highest BCUT2D eigenvalue weighted by molar-refractivity contribution is 6.25. The monoisotopic (exact) mass is 428 g/mol. The fourth-order valence-corrected chi connectivity index (χ4v) is 4.63. The van der Waals surface area contributed by atoms with Crippen LogP contribution in [0.5, 0.6) is 0 Å². The predicted octanol–water partition coefficient (Wildman–Crippen LogP) is 5.62. The maximum absolute atomic E-state index is 12.8. The number of hydrogen-bond donors (Lipinski definition) is 1. The maximum Gasteiger partial charge on any atom is 0.168 e. The fraction of sp³-hybridized carbons (Fsp3) is 0.308. The Morgan fingerprint density at radius 1 is 0.969 bits per heavy atom. The lowest BCUT2D eigenvalue weighted by molar-refractivity contribution is -0.115. The molecule has 1 N–H and O–H groups in total. The van der Waals surface area contributed by atoms with Gasteiger partial charge in [-0.25, -0.2) is 0 Å². The van der Waals surface area contributed by atoms with E-state index in [1.54, 1.807) is 0 Å². The van der Waals surface area contributed by atoms with Gasteiger partial charge in [-0.1, -0.05) is 41.6 Å². The second kappa shape index (κ2) is 8.54. The first kappa shape index (κ1) is 20.4. The lowest BCUT2D eigenvalue weighted by atomic mass is 9.88. The Bertz CT molecular complexity index is 1280. The van der Waals surface area contributed by atoms with E-state index in [1.807, 2.05) is 42.5 Å². The summed E-state index contributed by atoms with van der Waals surface area (Å²) in [5.41, 5.74) is 2.84. The number of Topliss-reactive ketones (excluding diaryl/α,β-unsaturated/α-hetero) is 2. The van der Waals surface area contributed by atoms with Crippen molar-refractivity contribution in [3.63, 3.8) is 0 Å². The molecule has 6 nitrogen and oxygen atoms in total. The molecule has 0 spiro atoms. The van der Waals surface area contributed by atoms with Crippen LogP contribution in [0.2, 0.25) is 0 Å². The van der Waals surface area contributed by atoms with Gasteiger partial charge in [0.15, 0.2) is 11.6 Å². The van der Waals surface area contributed by atoms with Gasteiger partial charge >= 0.3 is 0 Å². The number of benzene rings is 2. The number of nitrogens with zero attached hydrogens (tertiary/aromatic N) is 2. The number of aryl methyl sites for hydroxylation is 2. The molecule has 1 saturated carbocycles. The number of carbonyl (C=O) groups excluding carboxylic acids is 2. The number of aliphatic imine (C=N–C) groups is 1. The molecule has 5 rings (SSSR count). The minimum Gasteiger partial charge on any atom is -0.511 e. The van der Waals surface area contributed by atoms with E-state index >= 15 is 0 Å². The topological polar surface area (TPSA) is 92.8 Å². The molecule has 1 heterocycles. The lowest BCUT2D eigenvalue weighted by Gasteiger charge is -2.18. The van der Waals surface area contributed by atoms with Crippen LogP contribution in [-0.2, 0) is 17.6 Å². The van der Waals surface area contributed by atoms with Crippen molar-refractivity contribution in [2.24, 2.45) is 4.99 Å². The van der Waals surface area contributed by atoms with Gasteiger partial charge < -0.3 is 9.63 Å². The molecule has 2 aliphatic rings. The summed E-state index contributed by atoms with van der Waals surface area (Å²) < 4.78 is 5.34. The van der Waals surface area contributed by atoms with Gasteiger partial charge in [0.1, 0.15) is 11.5 Å². The number of aromatic nitrogens is 1. The highest BCUT2D eigenvalue weighted by Crippen LogP contribution is 2.31. The van der Waals surface area contributed by atoms with Gasteiger partial charge in [-0.3, -0.25) is 14.6 Å². The fourth-order valence-electron chi connectivity index (χ4n) is 4.63. The molecule has 0 aliphatic heterocycles. The van der Waals surface area contributed by atoms with Crippen LogP contribution >= 0.6 is 0 Å². The molecule has 1 fully saturated rings. The Kier molecular flexibility index (Phi) is 5.43. The van der Waals surface area contributed by atoms with E-state index in [4.69, 9.17) is 9.52 Å². The van der Waals surface area contributed by atoms with Crippen molar-refractivity contribution in [1.82, 2.24) is 5.16 Å². The van der Waals surface area contributed by atoms with E-state index < -0.39 is 0 Å². The molecule has 6 heteroatoms. The Morgan fingerprint density at radius 2 is 1.75 bits per heavy atom. The molecular formula is C26H24N2O4. The lowest BCUT2D eigenvalue weighted by Crippen LogP contribution is -2.21. The van der Waals surface area contributed by atoms with E-state index in [-0.39, 0.29) is 23.7 Å². The minimum atomic E-state index is -0.0917. The van der Waals surface area contributed by atoms with Crippen LogP contribution in [0, 0.1) is 0 Å². The number of ketones is 2. The summed E-state index contributed by atoms with van der Waals surface area (Å²) >= 11 is 0. The van der Waals surface area contributed by atoms with Crippen LogP contribution in [0.3, 0.4) is 0 Å². The third kappa shape index (κ3) is 3.77. The molecule has 162 valence electrons. The quantitative estimate of drug-likeness (QED) is 0.430. The van der Waals surface area contributed by atoms with E-state index in [2.05, 4.69) is 5.16 Å². The van der Waals surface area contributed by atoms with Gasteiger partial charge in [0.2, 0.25) is 0 Å². The number of rotatable bonds is 4. The summed E-state index contributed by atoms with van der Waals surface area (Å²) in [6.07, 6.45) is 4.27. The highest BCUT2D eigenvalue weighted by atomic mass is 16.5. The molecule has 0 bridgehead atoms. The summed E-state index contributed by atoms with van der Waals surface area (Å²) in [4.78, 5) is 29.9. The van der Waals surface area contributed by atoms with Crippen LogP contribution in [0.4, 0.5) is 5.69 Å². The van der Waals surface area contributed by atoms with E-state index in [0.717, 1.165) is 22.9 Å². The molecule has 3 aromatic rings. The van der Waals surface area contributed by atoms with Gasteiger partial charge in [-0.2, -0.15) is 0 Å². The maximum atomic E-state index is 12.8. The second-order valence-electron chi connectivity index (χ2n) is 8.36. The second-order valence-corrected chi connectivity index (χ2v) is 8.36. The molecule has 2 aromatic carbocycles. The number of allylic oxidation sites excluding steroid dienone is 2. The van der Waals surface area contributed by atoms with Gasteiger partial charge in [0, 0.05) is 37.5 Å². The highest BCUT2D eigenvalue weighted by Gasteiger charge is 2.28. The summed E-state index contributed by atoms with van der Waals surface area (Å²) in [5, 5.41) is 17.1. The van der Waals surface area contributed by atoms with Crippen LogP contribution in [-0.4, -0.2) is 27.5 Å². The summed E-state index contributed by atoms with van der Waals surface area (Å²) in [6, 6.07) is 13.9. The number of carbonyl (C=O) groups is 2. The number of fused-ring (bicyclic) bond motifs is 2. The zero-order valence-corrected chi connectivity index (χ0v) is 17.8. The third-order valence-electron chi connectivity index (χ3n) is 6.21. The van der Waals surface area contributed by atoms with E-state index in [1.165, 1.54) is 0 Å². The zero-order chi connectivity index (χ0) is 22.1. The molecule has 32 heavy (non-hydrogen) atoms.